The summed E-state index contributed by atoms with van der Waals surface area (Å²) in [5, 5.41) is 15.3. The highest BCUT2D eigenvalue weighted by atomic mass is 79.9. The van der Waals surface area contributed by atoms with Gasteiger partial charge in [-0.25, -0.2) is 0 Å². The Hall–Kier alpha value is -1.96. The van der Waals surface area contributed by atoms with Crippen molar-refractivity contribution in [3.8, 4) is 5.75 Å². The number of methoxy groups -OCH3 is 1. The van der Waals surface area contributed by atoms with Gasteiger partial charge < -0.3 is 10.1 Å². The first-order chi connectivity index (χ1) is 8.20. The fourth-order valence-corrected chi connectivity index (χ4v) is 1.51. The summed E-state index contributed by atoms with van der Waals surface area (Å²) in [6.07, 6.45) is 0. The minimum absolute atomic E-state index is 0.0280. The molecule has 1 heterocycles. The summed E-state index contributed by atoms with van der Waals surface area (Å²) in [6, 6.07) is 5.22. The highest BCUT2D eigenvalue weighted by Gasteiger charge is 2.12. The van der Waals surface area contributed by atoms with E-state index in [1.54, 1.807) is 25.3 Å². The predicted molar refractivity (Wildman–Crippen MR) is 62.8 cm³/mol. The zero-order valence-corrected chi connectivity index (χ0v) is 10.4. The lowest BCUT2D eigenvalue weighted by Crippen LogP contribution is -2.14. The summed E-state index contributed by atoms with van der Waals surface area (Å²) in [6.45, 7) is 0. The van der Waals surface area contributed by atoms with E-state index in [2.05, 4.69) is 41.9 Å². The van der Waals surface area contributed by atoms with E-state index in [-0.39, 0.29) is 5.82 Å². The second-order valence-corrected chi connectivity index (χ2v) is 3.89. The summed E-state index contributed by atoms with van der Waals surface area (Å²) in [5.41, 5.74) is 0.569. The molecule has 0 aliphatic rings. The van der Waals surface area contributed by atoms with Gasteiger partial charge in [-0.05, 0) is 33.3 Å². The van der Waals surface area contributed by atoms with Crippen molar-refractivity contribution in [3.63, 3.8) is 0 Å². The van der Waals surface area contributed by atoms with Crippen LogP contribution in [0.3, 0.4) is 0 Å². The number of carbonyl (C=O) groups is 1. The van der Waals surface area contributed by atoms with Crippen molar-refractivity contribution in [2.45, 2.75) is 0 Å². The number of H-pyrrole nitrogens is 1. The fourth-order valence-electron chi connectivity index (χ4n) is 1.16. The molecule has 0 radical (unpaired) electrons. The molecule has 2 N–H and O–H groups in total. The van der Waals surface area contributed by atoms with Crippen molar-refractivity contribution >= 4 is 27.5 Å². The molecule has 0 saturated heterocycles. The van der Waals surface area contributed by atoms with E-state index in [0.29, 0.717) is 11.4 Å². The summed E-state index contributed by atoms with van der Waals surface area (Å²) < 4.78 is 5.79. The molecule has 88 valence electrons. The topological polar surface area (TPSA) is 92.8 Å². The van der Waals surface area contributed by atoms with Crippen LogP contribution in [0.1, 0.15) is 10.6 Å². The summed E-state index contributed by atoms with van der Waals surface area (Å²) in [5.74, 6) is 0.157. The van der Waals surface area contributed by atoms with Crippen LogP contribution in [0.5, 0.6) is 5.75 Å². The average Bonchev–Trinajstić information content (AvgIpc) is 2.85. The zero-order valence-electron chi connectivity index (χ0n) is 8.77. The lowest BCUT2D eigenvalue weighted by atomic mass is 10.3. The van der Waals surface area contributed by atoms with Gasteiger partial charge in [0.15, 0.2) is 0 Å². The highest BCUT2D eigenvalue weighted by molar-refractivity contribution is 9.10. The van der Waals surface area contributed by atoms with Gasteiger partial charge in [-0.2, -0.15) is 5.21 Å². The van der Waals surface area contributed by atoms with Gasteiger partial charge in [0, 0.05) is 10.5 Å². The molecular weight excluding hydrogens is 290 g/mol. The summed E-state index contributed by atoms with van der Waals surface area (Å²) in [4.78, 5) is 11.7. The van der Waals surface area contributed by atoms with Crippen LogP contribution in [0, 0.1) is 0 Å². The Balaban J connectivity index is 2.21. The van der Waals surface area contributed by atoms with Crippen molar-refractivity contribution in [3.05, 3.63) is 28.5 Å². The molecule has 0 fully saturated rings. The molecule has 1 amide bonds. The van der Waals surface area contributed by atoms with Gasteiger partial charge in [-0.1, -0.05) is 0 Å². The molecular formula is C9H8BrN5O2. The quantitative estimate of drug-likeness (QED) is 0.889. The number of amides is 1. The number of carbonyl (C=O) groups excluding carboxylic acids is 1. The average molecular weight is 298 g/mol. The first-order valence-corrected chi connectivity index (χ1v) is 5.38. The predicted octanol–water partition coefficient (Wildman–Crippen LogP) is 1.22. The number of rotatable bonds is 3. The number of nitrogens with zero attached hydrogens (tertiary/aromatic N) is 3. The smallest absolute Gasteiger partial charge is 0.297 e. The van der Waals surface area contributed by atoms with E-state index >= 15 is 0 Å². The van der Waals surface area contributed by atoms with Crippen LogP contribution in [0.2, 0.25) is 0 Å². The molecule has 0 bridgehead atoms. The molecule has 0 aliphatic carbocycles. The number of aromatic nitrogens is 4. The van der Waals surface area contributed by atoms with Crippen LogP contribution < -0.4 is 10.1 Å². The number of tetrazole rings is 1. The van der Waals surface area contributed by atoms with E-state index in [4.69, 9.17) is 4.74 Å². The fraction of sp³-hybridized carbons (Fsp3) is 0.111. The van der Waals surface area contributed by atoms with Crippen LogP contribution in [-0.2, 0) is 0 Å². The number of nitrogens with one attached hydrogen (secondary N) is 2. The van der Waals surface area contributed by atoms with Crippen molar-refractivity contribution < 1.29 is 9.53 Å². The van der Waals surface area contributed by atoms with Gasteiger partial charge >= 0.3 is 0 Å². The van der Waals surface area contributed by atoms with Gasteiger partial charge in [-0.15, -0.1) is 10.2 Å². The molecule has 2 aromatic rings. The first kappa shape index (κ1) is 11.5. The minimum atomic E-state index is -0.451. The van der Waals surface area contributed by atoms with Crippen molar-refractivity contribution in [2.24, 2.45) is 0 Å². The van der Waals surface area contributed by atoms with Crippen LogP contribution in [0.25, 0.3) is 0 Å². The monoisotopic (exact) mass is 297 g/mol. The number of halogens is 1. The molecule has 7 nitrogen and oxygen atoms in total. The Bertz CT molecular complexity index is 528. The highest BCUT2D eigenvalue weighted by Crippen LogP contribution is 2.27. The van der Waals surface area contributed by atoms with Gasteiger partial charge in [0.2, 0.25) is 0 Å². The van der Waals surface area contributed by atoms with E-state index in [9.17, 15) is 4.79 Å². The molecule has 0 spiro atoms. The van der Waals surface area contributed by atoms with Gasteiger partial charge in [0.25, 0.3) is 11.7 Å². The van der Waals surface area contributed by atoms with Gasteiger partial charge in [0.1, 0.15) is 5.75 Å². The largest absolute Gasteiger partial charge is 0.497 e. The summed E-state index contributed by atoms with van der Waals surface area (Å²) >= 11 is 3.32. The normalized spacial score (nSPS) is 10.0. The molecule has 8 heteroatoms. The Morgan fingerprint density at radius 2 is 2.35 bits per heavy atom. The van der Waals surface area contributed by atoms with Crippen LogP contribution in [0.15, 0.2) is 22.7 Å². The lowest BCUT2D eigenvalue weighted by molar-refractivity contribution is 0.101. The molecule has 17 heavy (non-hydrogen) atoms. The van der Waals surface area contributed by atoms with Crippen molar-refractivity contribution in [1.82, 2.24) is 20.6 Å². The first-order valence-electron chi connectivity index (χ1n) is 4.59. The third-order valence-electron chi connectivity index (χ3n) is 1.97. The number of aromatic amines is 1. The van der Waals surface area contributed by atoms with Crippen LogP contribution in [0.4, 0.5) is 5.69 Å². The number of benzene rings is 1. The maximum atomic E-state index is 11.7. The number of ether oxygens (including phenoxy) is 1. The number of anilines is 1. The second kappa shape index (κ2) is 4.91. The third-order valence-corrected chi connectivity index (χ3v) is 2.66. The Morgan fingerprint density at radius 3 is 3.00 bits per heavy atom. The molecule has 1 aromatic heterocycles. The van der Waals surface area contributed by atoms with Crippen molar-refractivity contribution in [1.29, 1.82) is 0 Å². The van der Waals surface area contributed by atoms with E-state index < -0.39 is 5.91 Å². The maximum Gasteiger partial charge on any atom is 0.297 e. The Labute approximate surface area is 105 Å². The lowest BCUT2D eigenvalue weighted by Gasteiger charge is -2.07. The minimum Gasteiger partial charge on any atom is -0.497 e. The Morgan fingerprint density at radius 1 is 1.53 bits per heavy atom. The van der Waals surface area contributed by atoms with Crippen molar-refractivity contribution in [2.75, 3.05) is 12.4 Å². The molecule has 0 unspecified atom stereocenters. The molecule has 0 saturated carbocycles. The number of hydrogen-bond donors (Lipinski definition) is 2. The molecule has 2 rings (SSSR count). The van der Waals surface area contributed by atoms with E-state index in [1.807, 2.05) is 0 Å². The maximum absolute atomic E-state index is 11.7. The molecule has 1 aromatic carbocycles. The Kier molecular flexibility index (Phi) is 3.33. The van der Waals surface area contributed by atoms with E-state index in [0.717, 1.165) is 4.47 Å². The zero-order chi connectivity index (χ0) is 12.3. The molecule has 0 aliphatic heterocycles. The molecule has 0 atom stereocenters. The standard InChI is InChI=1S/C9H8BrN5O2/c1-17-5-2-3-6(10)7(4-5)11-9(16)8-12-14-15-13-8/h2-4H,1H3,(H,11,16)(H,12,13,14,15). The summed E-state index contributed by atoms with van der Waals surface area (Å²) in [7, 11) is 1.55. The van der Waals surface area contributed by atoms with Gasteiger partial charge in [-0.3, -0.25) is 4.79 Å². The number of hydrogen-bond acceptors (Lipinski definition) is 5. The van der Waals surface area contributed by atoms with E-state index in [1.165, 1.54) is 0 Å². The van der Waals surface area contributed by atoms with Gasteiger partial charge in [0.05, 0.1) is 12.8 Å². The second-order valence-electron chi connectivity index (χ2n) is 3.04. The SMILES string of the molecule is COc1ccc(Br)c(NC(=O)c2nn[nH]n2)c1. The third kappa shape index (κ3) is 2.59. The van der Waals surface area contributed by atoms with Crippen LogP contribution in [-0.4, -0.2) is 33.6 Å². The van der Waals surface area contributed by atoms with Crippen LogP contribution >= 0.6 is 15.9 Å².